The van der Waals surface area contributed by atoms with Crippen molar-refractivity contribution in [2.24, 2.45) is 17.8 Å². The minimum absolute atomic E-state index is 0.367. The van der Waals surface area contributed by atoms with Gasteiger partial charge in [0, 0.05) is 43.5 Å². The van der Waals surface area contributed by atoms with Crippen LogP contribution >= 0.6 is 0 Å². The number of nitrogens with zero attached hydrogens (tertiary/aromatic N) is 4. The van der Waals surface area contributed by atoms with Crippen LogP contribution in [0.5, 0.6) is 0 Å². The Morgan fingerprint density at radius 3 is 2.50 bits per heavy atom. The van der Waals surface area contributed by atoms with Crippen molar-refractivity contribution < 1.29 is 17.9 Å². The Hall–Kier alpha value is -2.13. The van der Waals surface area contributed by atoms with Crippen molar-refractivity contribution in [2.45, 2.75) is 37.5 Å². The van der Waals surface area contributed by atoms with E-state index in [0.29, 0.717) is 41.1 Å². The molecule has 0 bridgehead atoms. The lowest BCUT2D eigenvalue weighted by molar-refractivity contribution is -0.137. The van der Waals surface area contributed by atoms with Gasteiger partial charge < -0.3 is 15.0 Å². The van der Waals surface area contributed by atoms with E-state index in [-0.39, 0.29) is 0 Å². The number of imidazole rings is 1. The number of hydrogen-bond acceptors (Lipinski definition) is 5. The Kier molecular flexibility index (Phi) is 3.99. The molecular formula is C21H24F3N5O. The number of fused-ring (bicyclic) bond motifs is 1. The lowest BCUT2D eigenvalue weighted by Crippen LogP contribution is -2.49. The summed E-state index contributed by atoms with van der Waals surface area (Å²) >= 11 is 0. The van der Waals surface area contributed by atoms with E-state index in [0.717, 1.165) is 44.6 Å². The Morgan fingerprint density at radius 2 is 1.90 bits per heavy atom. The summed E-state index contributed by atoms with van der Waals surface area (Å²) in [6, 6.07) is 2.03. The third-order valence-corrected chi connectivity index (χ3v) is 7.13. The van der Waals surface area contributed by atoms with Gasteiger partial charge in [0.15, 0.2) is 0 Å². The minimum Gasteiger partial charge on any atom is -0.383 e. The number of nitrogens with two attached hydrogens (primary N) is 1. The van der Waals surface area contributed by atoms with Gasteiger partial charge in [-0.2, -0.15) is 13.2 Å². The fourth-order valence-corrected chi connectivity index (χ4v) is 5.08. The summed E-state index contributed by atoms with van der Waals surface area (Å²) < 4.78 is 47.4. The van der Waals surface area contributed by atoms with Crippen LogP contribution in [0, 0.1) is 17.8 Å². The highest BCUT2D eigenvalue weighted by atomic mass is 19.4. The molecule has 6 rings (SSSR count). The molecule has 0 spiro atoms. The van der Waals surface area contributed by atoms with Crippen molar-refractivity contribution in [3.63, 3.8) is 0 Å². The molecular weight excluding hydrogens is 395 g/mol. The van der Waals surface area contributed by atoms with Gasteiger partial charge in [-0.05, 0) is 36.7 Å². The van der Waals surface area contributed by atoms with E-state index >= 15 is 0 Å². The van der Waals surface area contributed by atoms with Crippen molar-refractivity contribution in [1.82, 2.24) is 19.4 Å². The van der Waals surface area contributed by atoms with Crippen LogP contribution in [0.15, 0.2) is 18.5 Å². The number of piperidine rings is 1. The predicted molar refractivity (Wildman–Crippen MR) is 103 cm³/mol. The highest BCUT2D eigenvalue weighted by molar-refractivity contribution is 5.62. The molecule has 30 heavy (non-hydrogen) atoms. The maximum Gasteiger partial charge on any atom is 0.419 e. The van der Waals surface area contributed by atoms with Crippen LogP contribution in [0.4, 0.5) is 19.0 Å². The number of rotatable bonds is 5. The van der Waals surface area contributed by atoms with Crippen LogP contribution in [0.3, 0.4) is 0 Å². The molecule has 2 aliphatic heterocycles. The molecule has 3 atom stereocenters. The zero-order chi connectivity index (χ0) is 20.6. The summed E-state index contributed by atoms with van der Waals surface area (Å²) in [5, 5.41) is 0. The first-order valence-electron chi connectivity index (χ1n) is 10.6. The van der Waals surface area contributed by atoms with Crippen molar-refractivity contribution in [1.29, 1.82) is 0 Å². The summed E-state index contributed by atoms with van der Waals surface area (Å²) in [6.45, 7) is 3.80. The second-order valence-electron chi connectivity index (χ2n) is 9.22. The lowest BCUT2D eigenvalue weighted by atomic mass is 10.1. The zero-order valence-electron chi connectivity index (χ0n) is 16.5. The number of aromatic nitrogens is 3. The quantitative estimate of drug-likeness (QED) is 0.807. The van der Waals surface area contributed by atoms with E-state index in [2.05, 4.69) is 14.5 Å². The molecule has 9 heteroatoms. The van der Waals surface area contributed by atoms with Crippen LogP contribution in [-0.4, -0.2) is 51.8 Å². The van der Waals surface area contributed by atoms with Crippen molar-refractivity contribution >= 4 is 5.82 Å². The Balaban J connectivity index is 1.29. The molecule has 4 heterocycles. The second kappa shape index (κ2) is 6.43. The van der Waals surface area contributed by atoms with Gasteiger partial charge in [0.05, 0.1) is 30.5 Å². The average molecular weight is 419 g/mol. The molecule has 4 fully saturated rings. The third-order valence-electron chi connectivity index (χ3n) is 7.13. The Morgan fingerprint density at radius 1 is 1.17 bits per heavy atom. The van der Waals surface area contributed by atoms with Crippen LogP contribution in [-0.2, 0) is 17.3 Å². The largest absolute Gasteiger partial charge is 0.419 e. The molecule has 2 aliphatic carbocycles. The summed E-state index contributed by atoms with van der Waals surface area (Å²) in [5.74, 6) is 2.34. The molecule has 2 aromatic heterocycles. The summed E-state index contributed by atoms with van der Waals surface area (Å²) in [5.41, 5.74) is 5.48. The number of likely N-dealkylation sites (tertiary alicyclic amines) is 1. The molecule has 0 aromatic carbocycles. The molecule has 2 aromatic rings. The molecule has 0 amide bonds. The molecule has 4 aliphatic rings. The zero-order valence-corrected chi connectivity index (χ0v) is 16.5. The van der Waals surface area contributed by atoms with E-state index in [4.69, 9.17) is 15.5 Å². The van der Waals surface area contributed by atoms with Crippen molar-refractivity contribution in [3.8, 4) is 11.3 Å². The van der Waals surface area contributed by atoms with Gasteiger partial charge in [-0.1, -0.05) is 0 Å². The fourth-order valence-electron chi connectivity index (χ4n) is 5.08. The minimum atomic E-state index is -4.53. The topological polar surface area (TPSA) is 69.2 Å². The van der Waals surface area contributed by atoms with E-state index in [1.54, 1.807) is 0 Å². The van der Waals surface area contributed by atoms with Gasteiger partial charge in [-0.3, -0.25) is 4.90 Å². The van der Waals surface area contributed by atoms with Gasteiger partial charge in [0.25, 0.3) is 0 Å². The van der Waals surface area contributed by atoms with E-state index < -0.39 is 17.6 Å². The Labute approximate surface area is 172 Å². The highest BCUT2D eigenvalue weighted by Crippen LogP contribution is 2.56. The van der Waals surface area contributed by atoms with Crippen molar-refractivity contribution in [2.75, 3.05) is 32.0 Å². The molecule has 2 N–H and O–H groups in total. The highest BCUT2D eigenvalue weighted by Gasteiger charge is 2.58. The number of alkyl halides is 3. The molecule has 6 nitrogen and oxygen atoms in total. The molecule has 2 saturated carbocycles. The van der Waals surface area contributed by atoms with Crippen LogP contribution in [0.1, 0.15) is 30.3 Å². The van der Waals surface area contributed by atoms with Gasteiger partial charge in [0.2, 0.25) is 0 Å². The number of pyridine rings is 1. The van der Waals surface area contributed by atoms with E-state index in [1.165, 1.54) is 19.0 Å². The first-order valence-corrected chi connectivity index (χ1v) is 10.6. The summed E-state index contributed by atoms with van der Waals surface area (Å²) in [4.78, 5) is 11.1. The average Bonchev–Trinajstić information content (AvgIpc) is 3.48. The summed E-state index contributed by atoms with van der Waals surface area (Å²) in [6.07, 6.45) is 2.10. The smallest absolute Gasteiger partial charge is 0.383 e. The van der Waals surface area contributed by atoms with Gasteiger partial charge in [-0.25, -0.2) is 9.97 Å². The number of anilines is 1. The monoisotopic (exact) mass is 419 g/mol. The lowest BCUT2D eigenvalue weighted by Gasteiger charge is -2.36. The van der Waals surface area contributed by atoms with Crippen LogP contribution < -0.4 is 5.73 Å². The molecule has 0 unspecified atom stereocenters. The normalized spacial score (nSPS) is 29.1. The molecule has 2 saturated heterocycles. The number of halogens is 3. The van der Waals surface area contributed by atoms with Gasteiger partial charge >= 0.3 is 6.18 Å². The molecule has 0 radical (unpaired) electrons. The number of nitrogen functional groups attached to an aromatic ring is 1. The van der Waals surface area contributed by atoms with Gasteiger partial charge in [0.1, 0.15) is 11.6 Å². The second-order valence-corrected chi connectivity index (χ2v) is 9.22. The van der Waals surface area contributed by atoms with Gasteiger partial charge in [-0.15, -0.1) is 0 Å². The van der Waals surface area contributed by atoms with E-state index in [9.17, 15) is 13.2 Å². The standard InChI is InChI=1S/C21H24F3N5O/c22-21(23,24)16-4-12(5-26-20(16)25)17-8-29(18(27-17)3-11-1-2-11)19-14-6-28(7-15(14)19)13-9-30-10-13/h4-5,8,11,13-15,19H,1-3,6-7,9-10H2,(H2,25,26)/t14-,15+,19+. The predicted octanol–water partition coefficient (Wildman–Crippen LogP) is 3.00. The molecule has 160 valence electrons. The number of hydrogen-bond donors (Lipinski definition) is 1. The number of ether oxygens (including phenoxy) is 1. The maximum atomic E-state index is 13.3. The Bertz CT molecular complexity index is 970. The van der Waals surface area contributed by atoms with Crippen molar-refractivity contribution in [3.05, 3.63) is 29.8 Å². The first-order chi connectivity index (χ1) is 14.4. The first kappa shape index (κ1) is 18.6. The van der Waals surface area contributed by atoms with Crippen LogP contribution in [0.2, 0.25) is 0 Å². The summed E-state index contributed by atoms with van der Waals surface area (Å²) in [7, 11) is 0. The van der Waals surface area contributed by atoms with Crippen LogP contribution in [0.25, 0.3) is 11.3 Å². The maximum absolute atomic E-state index is 13.3. The van der Waals surface area contributed by atoms with E-state index in [1.807, 2.05) is 6.20 Å². The third kappa shape index (κ3) is 3.10. The SMILES string of the molecule is Nc1ncc(-c2cn([C@H]3[C@@H]4CN(C5COC5)C[C@@H]43)c(CC3CC3)n2)cc1C(F)(F)F. The fraction of sp³-hybridized carbons (Fsp3) is 0.619.